The quantitative estimate of drug-likeness (QED) is 0.387. The third-order valence-corrected chi connectivity index (χ3v) is 8.17. The molecule has 3 atom stereocenters. The number of halogens is 2. The second-order valence-electron chi connectivity index (χ2n) is 9.94. The predicted molar refractivity (Wildman–Crippen MR) is 132 cm³/mol. The number of anilines is 1. The van der Waals surface area contributed by atoms with Crippen molar-refractivity contribution in [3.05, 3.63) is 53.7 Å². The van der Waals surface area contributed by atoms with E-state index in [4.69, 9.17) is 0 Å². The van der Waals surface area contributed by atoms with E-state index >= 15 is 0 Å². The number of aryl methyl sites for hydroxylation is 1. The second kappa shape index (κ2) is 9.48. The third kappa shape index (κ3) is 5.26. The predicted octanol–water partition coefficient (Wildman–Crippen LogP) is 2.12. The zero-order valence-corrected chi connectivity index (χ0v) is 21.0. The number of nitrogens with zero attached hydrogens (tertiary/aromatic N) is 2. The first-order valence-electron chi connectivity index (χ1n) is 11.4. The average molecular weight is 502 g/mol. The molecule has 1 fully saturated rings. The molecule has 1 unspecified atom stereocenters. The smallest absolute Gasteiger partial charge is 0.251 e. The Kier molecular flexibility index (Phi) is 6.76. The van der Waals surface area contributed by atoms with E-state index in [-0.39, 0.29) is 23.8 Å². The van der Waals surface area contributed by atoms with Gasteiger partial charge in [-0.05, 0) is 36.2 Å². The number of amides is 2. The highest BCUT2D eigenvalue weighted by molar-refractivity contribution is 6.88. The monoisotopic (exact) mass is 501 g/mol. The molecular weight excluding hydrogens is 472 g/mol. The number of aliphatic hydroxyl groups is 1. The summed E-state index contributed by atoms with van der Waals surface area (Å²) >= 11 is 0. The Labute approximate surface area is 202 Å². The molecule has 186 valence electrons. The van der Waals surface area contributed by atoms with E-state index in [1.54, 1.807) is 36.1 Å². The normalized spacial score (nSPS) is 19.1. The zero-order chi connectivity index (χ0) is 25.5. The number of nitrogens with one attached hydrogen (secondary N) is 3. The molecule has 0 saturated carbocycles. The molecule has 1 aliphatic heterocycles. The topological polar surface area (TPSA) is 108 Å². The highest BCUT2D eigenvalue weighted by Crippen LogP contribution is 2.24. The maximum Gasteiger partial charge on any atom is 0.251 e. The number of rotatable bonds is 6. The van der Waals surface area contributed by atoms with Crippen molar-refractivity contribution in [2.24, 2.45) is 13.0 Å². The summed E-state index contributed by atoms with van der Waals surface area (Å²) in [6.07, 6.45) is 1.07. The van der Waals surface area contributed by atoms with Crippen molar-refractivity contribution >= 4 is 41.7 Å². The number of carbonyl (C=O) groups is 2. The van der Waals surface area contributed by atoms with Crippen LogP contribution in [0.2, 0.25) is 19.6 Å². The minimum Gasteiger partial charge on any atom is -0.379 e. The zero-order valence-electron chi connectivity index (χ0n) is 20.0. The molecule has 0 aliphatic carbocycles. The van der Waals surface area contributed by atoms with Gasteiger partial charge in [-0.3, -0.25) is 19.6 Å². The van der Waals surface area contributed by atoms with Crippen molar-refractivity contribution in [1.82, 2.24) is 20.4 Å². The lowest BCUT2D eigenvalue weighted by molar-refractivity contribution is -0.129. The van der Waals surface area contributed by atoms with Gasteiger partial charge in [-0.2, -0.15) is 5.10 Å². The first-order valence-corrected chi connectivity index (χ1v) is 14.9. The van der Waals surface area contributed by atoms with Crippen molar-refractivity contribution in [2.45, 2.75) is 38.3 Å². The minimum absolute atomic E-state index is 0.0355. The van der Waals surface area contributed by atoms with Gasteiger partial charge in [0.1, 0.15) is 23.9 Å². The van der Waals surface area contributed by atoms with Gasteiger partial charge in [0.15, 0.2) is 0 Å². The molecule has 0 radical (unpaired) electrons. The number of aromatic nitrogens is 2. The van der Waals surface area contributed by atoms with E-state index in [0.717, 1.165) is 23.0 Å². The SMILES string of the molecule is Cn1ncc2cc([C@@H](NC(=O)[C@@H]3CNC(O)C3)C(=O)Nc3cc(F)c([Si](C)(C)C)c(F)c3)ccc21. The van der Waals surface area contributed by atoms with E-state index in [1.807, 2.05) is 19.6 Å². The Bertz CT molecular complexity index is 1270. The molecule has 2 heterocycles. The standard InChI is InChI=1S/C24H29F2N5O3Si/c1-31-19-6-5-13(7-14(19)12-28-31)21(30-23(33)15-8-20(32)27-11-15)24(34)29-16-9-17(25)22(18(26)10-16)35(2,3)4/h5-7,9-10,12,15,20-21,27,32H,8,11H2,1-4H3,(H,29,34)(H,30,33)/t15-,20?,21+/m0/s1. The number of aliphatic hydroxyl groups excluding tert-OH is 1. The van der Waals surface area contributed by atoms with Crippen LogP contribution in [0.4, 0.5) is 14.5 Å². The van der Waals surface area contributed by atoms with Gasteiger partial charge in [0, 0.05) is 29.9 Å². The molecule has 4 N–H and O–H groups in total. The molecule has 0 bridgehead atoms. The van der Waals surface area contributed by atoms with Gasteiger partial charge in [0.25, 0.3) is 5.91 Å². The Morgan fingerprint density at radius 3 is 2.49 bits per heavy atom. The molecular formula is C24H29F2N5O3Si. The maximum absolute atomic E-state index is 14.7. The Morgan fingerprint density at radius 1 is 1.20 bits per heavy atom. The molecule has 1 saturated heterocycles. The van der Waals surface area contributed by atoms with E-state index in [9.17, 15) is 23.5 Å². The summed E-state index contributed by atoms with van der Waals surface area (Å²) < 4.78 is 31.2. The van der Waals surface area contributed by atoms with Crippen molar-refractivity contribution in [1.29, 1.82) is 0 Å². The second-order valence-corrected chi connectivity index (χ2v) is 14.9. The van der Waals surface area contributed by atoms with Crippen LogP contribution < -0.4 is 21.1 Å². The molecule has 1 aliphatic rings. The van der Waals surface area contributed by atoms with Gasteiger partial charge < -0.3 is 15.7 Å². The van der Waals surface area contributed by atoms with Crippen LogP contribution in [0.15, 0.2) is 36.5 Å². The number of hydrogen-bond acceptors (Lipinski definition) is 5. The molecule has 3 aromatic rings. The molecule has 11 heteroatoms. The lowest BCUT2D eigenvalue weighted by atomic mass is 10.0. The van der Waals surface area contributed by atoms with Crippen LogP contribution in [-0.4, -0.2) is 47.5 Å². The van der Waals surface area contributed by atoms with Crippen molar-refractivity contribution < 1.29 is 23.5 Å². The number of fused-ring (bicyclic) bond motifs is 1. The molecule has 2 amide bonds. The molecule has 2 aromatic carbocycles. The summed E-state index contributed by atoms with van der Waals surface area (Å²) in [6, 6.07) is 6.31. The van der Waals surface area contributed by atoms with Crippen LogP contribution in [0.3, 0.4) is 0 Å². The Morgan fingerprint density at radius 2 is 1.89 bits per heavy atom. The van der Waals surface area contributed by atoms with Crippen molar-refractivity contribution in [3.8, 4) is 0 Å². The van der Waals surface area contributed by atoms with E-state index in [1.165, 1.54) is 0 Å². The van der Waals surface area contributed by atoms with Crippen LogP contribution in [0.1, 0.15) is 18.0 Å². The first-order chi connectivity index (χ1) is 16.4. The van der Waals surface area contributed by atoms with Gasteiger partial charge >= 0.3 is 0 Å². The van der Waals surface area contributed by atoms with Crippen molar-refractivity contribution in [2.75, 3.05) is 11.9 Å². The van der Waals surface area contributed by atoms with Crippen LogP contribution in [0.25, 0.3) is 10.9 Å². The van der Waals surface area contributed by atoms with Gasteiger partial charge in [-0.15, -0.1) is 0 Å². The summed E-state index contributed by atoms with van der Waals surface area (Å²) in [5.74, 6) is -2.99. The lowest BCUT2D eigenvalue weighted by Crippen LogP contribution is -2.43. The summed E-state index contributed by atoms with van der Waals surface area (Å²) in [4.78, 5) is 26.2. The van der Waals surface area contributed by atoms with Gasteiger partial charge in [-0.1, -0.05) is 25.7 Å². The Hall–Kier alpha value is -3.15. The summed E-state index contributed by atoms with van der Waals surface area (Å²) in [5.41, 5.74) is 1.29. The highest BCUT2D eigenvalue weighted by atomic mass is 28.3. The fourth-order valence-corrected chi connectivity index (χ4v) is 5.99. The molecule has 8 nitrogen and oxygen atoms in total. The van der Waals surface area contributed by atoms with Crippen LogP contribution >= 0.6 is 0 Å². The Balaban J connectivity index is 1.64. The fourth-order valence-electron chi connectivity index (χ4n) is 4.41. The number of benzene rings is 2. The van der Waals surface area contributed by atoms with Gasteiger partial charge in [-0.25, -0.2) is 8.78 Å². The third-order valence-electron chi connectivity index (χ3n) is 6.19. The van der Waals surface area contributed by atoms with Crippen molar-refractivity contribution in [3.63, 3.8) is 0 Å². The summed E-state index contributed by atoms with van der Waals surface area (Å²) in [6.45, 7) is 5.78. The number of hydrogen-bond donors (Lipinski definition) is 4. The van der Waals surface area contributed by atoms with Crippen LogP contribution in [0, 0.1) is 17.6 Å². The average Bonchev–Trinajstić information content (AvgIpc) is 3.35. The van der Waals surface area contributed by atoms with E-state index in [2.05, 4.69) is 21.0 Å². The molecule has 4 rings (SSSR count). The summed E-state index contributed by atoms with van der Waals surface area (Å²) in [7, 11) is -0.489. The van der Waals surface area contributed by atoms with Crippen LogP contribution in [-0.2, 0) is 16.6 Å². The van der Waals surface area contributed by atoms with E-state index < -0.39 is 49.7 Å². The van der Waals surface area contributed by atoms with Gasteiger partial charge in [0.05, 0.1) is 25.7 Å². The minimum atomic E-state index is -2.28. The molecule has 1 aromatic heterocycles. The number of carbonyl (C=O) groups excluding carboxylic acids is 2. The fraction of sp³-hybridized carbons (Fsp3) is 0.375. The van der Waals surface area contributed by atoms with E-state index in [0.29, 0.717) is 5.56 Å². The largest absolute Gasteiger partial charge is 0.379 e. The van der Waals surface area contributed by atoms with Gasteiger partial charge in [0.2, 0.25) is 5.91 Å². The maximum atomic E-state index is 14.7. The molecule has 0 spiro atoms. The lowest BCUT2D eigenvalue weighted by Gasteiger charge is -2.22. The highest BCUT2D eigenvalue weighted by Gasteiger charge is 2.32. The summed E-state index contributed by atoms with van der Waals surface area (Å²) in [5, 5.41) is 22.8. The van der Waals surface area contributed by atoms with Crippen LogP contribution in [0.5, 0.6) is 0 Å². The first kappa shape index (κ1) is 25.0. The molecule has 35 heavy (non-hydrogen) atoms.